The molecule has 0 bridgehead atoms. The van der Waals surface area contributed by atoms with E-state index in [0.717, 1.165) is 37.4 Å². The monoisotopic (exact) mass is 512 g/mol. The van der Waals surface area contributed by atoms with Crippen LogP contribution in [0.15, 0.2) is 78.4 Å². The van der Waals surface area contributed by atoms with Gasteiger partial charge in [0.2, 0.25) is 0 Å². The maximum atomic E-state index is 13.4. The van der Waals surface area contributed by atoms with Crippen molar-refractivity contribution in [2.45, 2.75) is 13.0 Å². The number of aliphatic hydroxyl groups is 1. The Morgan fingerprint density at radius 3 is 2.16 bits per heavy atom. The number of likely N-dealkylation sites (N-methyl/N-ethyl adjacent to an activating group) is 1. The second kappa shape index (κ2) is 10.1. The van der Waals surface area contributed by atoms with Crippen LogP contribution in [0.2, 0.25) is 0 Å². The van der Waals surface area contributed by atoms with Crippen molar-refractivity contribution in [3.05, 3.63) is 105 Å². The lowest BCUT2D eigenvalue weighted by atomic mass is 9.94. The molecule has 1 amide bonds. The maximum absolute atomic E-state index is 13.4. The van der Waals surface area contributed by atoms with E-state index in [1.165, 1.54) is 29.2 Å². The first-order valence-electron chi connectivity index (χ1n) is 12.4. The molecule has 2 heterocycles. The van der Waals surface area contributed by atoms with Crippen molar-refractivity contribution in [3.63, 3.8) is 0 Å². The van der Waals surface area contributed by atoms with E-state index in [0.29, 0.717) is 11.3 Å². The van der Waals surface area contributed by atoms with Crippen LogP contribution in [0.1, 0.15) is 22.7 Å². The number of piperazine rings is 1. The number of aliphatic hydroxyl groups excluding tert-OH is 1. The summed E-state index contributed by atoms with van der Waals surface area (Å²) in [6, 6.07) is 19.4. The fourth-order valence-electron chi connectivity index (χ4n) is 5.04. The van der Waals surface area contributed by atoms with Gasteiger partial charge in [0.25, 0.3) is 17.4 Å². The van der Waals surface area contributed by atoms with Crippen molar-refractivity contribution in [2.75, 3.05) is 43.0 Å². The van der Waals surface area contributed by atoms with Crippen molar-refractivity contribution >= 4 is 34.5 Å². The number of nitrogens with zero attached hydrogens (tertiary/aromatic N) is 4. The Morgan fingerprint density at radius 1 is 0.921 bits per heavy atom. The molecular weight excluding hydrogens is 484 g/mol. The number of Topliss-reactive ketones (excluding diaryl/α,β-unsaturated/α-hetero) is 1. The quantitative estimate of drug-likeness (QED) is 0.179. The molecule has 5 rings (SSSR count). The van der Waals surface area contributed by atoms with Crippen molar-refractivity contribution in [2.24, 2.45) is 0 Å². The first-order valence-corrected chi connectivity index (χ1v) is 12.4. The van der Waals surface area contributed by atoms with Gasteiger partial charge in [-0.15, -0.1) is 0 Å². The average molecular weight is 513 g/mol. The summed E-state index contributed by atoms with van der Waals surface area (Å²) < 4.78 is 0. The van der Waals surface area contributed by atoms with Gasteiger partial charge in [-0.1, -0.05) is 29.8 Å². The number of aryl methyl sites for hydroxylation is 1. The summed E-state index contributed by atoms with van der Waals surface area (Å²) in [7, 11) is 2.10. The highest BCUT2D eigenvalue weighted by Gasteiger charge is 2.47. The molecule has 0 aromatic heterocycles. The largest absolute Gasteiger partial charge is 0.507 e. The molecule has 194 valence electrons. The number of hydrogen-bond donors (Lipinski definition) is 1. The Balaban J connectivity index is 1.57. The third-order valence-corrected chi connectivity index (χ3v) is 7.15. The number of hydrogen-bond acceptors (Lipinski definition) is 7. The molecule has 2 aliphatic heterocycles. The fraction of sp³-hybridized carbons (Fsp3) is 0.241. The Bertz CT molecular complexity index is 1420. The van der Waals surface area contributed by atoms with Gasteiger partial charge in [-0.25, -0.2) is 0 Å². The number of nitro groups is 1. The SMILES string of the molecule is Cc1cccc(C2/C(=C(/O)c3ccc([N+](=O)[O-])cc3)C(=O)C(=O)N2c2ccc(N3CCN(C)CC3)cc2)c1. The molecule has 0 spiro atoms. The Hall–Kier alpha value is -4.50. The summed E-state index contributed by atoms with van der Waals surface area (Å²) in [5, 5.41) is 22.3. The minimum absolute atomic E-state index is 0.0578. The van der Waals surface area contributed by atoms with E-state index in [4.69, 9.17) is 0 Å². The van der Waals surface area contributed by atoms with E-state index in [9.17, 15) is 24.8 Å². The van der Waals surface area contributed by atoms with Gasteiger partial charge in [-0.05, 0) is 55.9 Å². The smallest absolute Gasteiger partial charge is 0.300 e. The molecule has 3 aromatic carbocycles. The van der Waals surface area contributed by atoms with Gasteiger partial charge >= 0.3 is 0 Å². The second-order valence-electron chi connectivity index (χ2n) is 9.69. The van der Waals surface area contributed by atoms with Crippen molar-refractivity contribution in [1.29, 1.82) is 0 Å². The molecule has 2 aliphatic rings. The maximum Gasteiger partial charge on any atom is 0.300 e. The number of amides is 1. The lowest BCUT2D eigenvalue weighted by Crippen LogP contribution is -2.44. The van der Waals surface area contributed by atoms with Crippen LogP contribution in [0.25, 0.3) is 5.76 Å². The summed E-state index contributed by atoms with van der Waals surface area (Å²) >= 11 is 0. The number of anilines is 2. The molecule has 9 heteroatoms. The highest BCUT2D eigenvalue weighted by atomic mass is 16.6. The number of non-ortho nitro benzene ring substituents is 1. The van der Waals surface area contributed by atoms with E-state index in [2.05, 4.69) is 16.8 Å². The third-order valence-electron chi connectivity index (χ3n) is 7.15. The van der Waals surface area contributed by atoms with Crippen molar-refractivity contribution in [3.8, 4) is 0 Å². The molecule has 3 aromatic rings. The van der Waals surface area contributed by atoms with Gasteiger partial charge in [-0.3, -0.25) is 24.6 Å². The number of rotatable bonds is 5. The van der Waals surface area contributed by atoms with Crippen LogP contribution in [0.5, 0.6) is 0 Å². The lowest BCUT2D eigenvalue weighted by molar-refractivity contribution is -0.384. The minimum Gasteiger partial charge on any atom is -0.507 e. The van der Waals surface area contributed by atoms with Gasteiger partial charge in [-0.2, -0.15) is 0 Å². The van der Waals surface area contributed by atoms with Crippen LogP contribution >= 0.6 is 0 Å². The van der Waals surface area contributed by atoms with E-state index in [1.54, 1.807) is 0 Å². The summed E-state index contributed by atoms with van der Waals surface area (Å²) in [5.41, 5.74) is 3.22. The van der Waals surface area contributed by atoms with Crippen LogP contribution in [-0.4, -0.2) is 59.8 Å². The highest BCUT2D eigenvalue weighted by Crippen LogP contribution is 2.42. The summed E-state index contributed by atoms with van der Waals surface area (Å²) in [4.78, 5) is 43.3. The highest BCUT2D eigenvalue weighted by molar-refractivity contribution is 6.51. The molecular formula is C29H28N4O5. The zero-order valence-electron chi connectivity index (χ0n) is 21.2. The molecule has 2 fully saturated rings. The third kappa shape index (κ3) is 4.64. The van der Waals surface area contributed by atoms with Gasteiger partial charge in [0.05, 0.1) is 16.5 Å². The second-order valence-corrected chi connectivity index (χ2v) is 9.69. The molecule has 0 saturated carbocycles. The Morgan fingerprint density at radius 2 is 1.55 bits per heavy atom. The van der Waals surface area contributed by atoms with Crippen LogP contribution in [-0.2, 0) is 9.59 Å². The molecule has 9 nitrogen and oxygen atoms in total. The van der Waals surface area contributed by atoms with E-state index < -0.39 is 22.7 Å². The average Bonchev–Trinajstić information content (AvgIpc) is 3.19. The first kappa shape index (κ1) is 25.2. The van der Waals surface area contributed by atoms with E-state index >= 15 is 0 Å². The van der Waals surface area contributed by atoms with Crippen LogP contribution in [0.3, 0.4) is 0 Å². The minimum atomic E-state index is -0.862. The number of benzene rings is 3. The topological polar surface area (TPSA) is 107 Å². The summed E-state index contributed by atoms with van der Waals surface area (Å²) in [6.07, 6.45) is 0. The molecule has 2 saturated heterocycles. The van der Waals surface area contributed by atoms with Crippen LogP contribution in [0.4, 0.5) is 17.1 Å². The molecule has 1 unspecified atom stereocenters. The summed E-state index contributed by atoms with van der Waals surface area (Å²) in [6.45, 7) is 5.65. The normalized spacial score (nSPS) is 19.7. The molecule has 0 radical (unpaired) electrons. The predicted molar refractivity (Wildman–Crippen MR) is 145 cm³/mol. The summed E-state index contributed by atoms with van der Waals surface area (Å²) in [5.74, 6) is -1.93. The number of nitro benzene ring substituents is 1. The van der Waals surface area contributed by atoms with E-state index in [1.807, 2.05) is 55.5 Å². The van der Waals surface area contributed by atoms with Crippen LogP contribution < -0.4 is 9.80 Å². The first-order chi connectivity index (χ1) is 18.2. The van der Waals surface area contributed by atoms with Gasteiger partial charge in [0, 0.05) is 55.2 Å². The van der Waals surface area contributed by atoms with Gasteiger partial charge < -0.3 is 14.9 Å². The molecule has 0 aliphatic carbocycles. The standard InChI is InChI=1S/C29H28N4O5/c1-19-4-3-5-21(18-19)26-25(27(34)20-6-8-24(9-7-20)33(37)38)28(35)29(36)32(26)23-12-10-22(11-13-23)31-16-14-30(2)15-17-31/h3-13,18,26,34H,14-17H2,1-2H3/b27-25-. The number of carbonyl (C=O) groups is 2. The molecule has 38 heavy (non-hydrogen) atoms. The lowest BCUT2D eigenvalue weighted by Gasteiger charge is -2.34. The van der Waals surface area contributed by atoms with Gasteiger partial charge in [0.15, 0.2) is 0 Å². The Labute approximate surface area is 220 Å². The van der Waals surface area contributed by atoms with E-state index in [-0.39, 0.29) is 22.6 Å². The molecule has 1 atom stereocenters. The zero-order valence-corrected chi connectivity index (χ0v) is 21.2. The van der Waals surface area contributed by atoms with Crippen molar-refractivity contribution < 1.29 is 19.6 Å². The predicted octanol–water partition coefficient (Wildman–Crippen LogP) is 4.28. The van der Waals surface area contributed by atoms with Gasteiger partial charge in [0.1, 0.15) is 5.76 Å². The number of carbonyl (C=O) groups excluding carboxylic acids is 2. The number of ketones is 1. The zero-order chi connectivity index (χ0) is 27.0. The van der Waals surface area contributed by atoms with Crippen molar-refractivity contribution in [1.82, 2.24) is 4.90 Å². The van der Waals surface area contributed by atoms with Crippen LogP contribution in [0, 0.1) is 17.0 Å². The fourth-order valence-corrected chi connectivity index (χ4v) is 5.04. The molecule has 1 N–H and O–H groups in total. The Kier molecular flexibility index (Phi) is 6.69.